The van der Waals surface area contributed by atoms with Crippen LogP contribution in [-0.4, -0.2) is 5.91 Å². The van der Waals surface area contributed by atoms with Crippen LogP contribution in [0, 0.1) is 6.92 Å². The number of rotatable bonds is 6. The van der Waals surface area contributed by atoms with Crippen molar-refractivity contribution < 1.29 is 9.21 Å². The van der Waals surface area contributed by atoms with Crippen molar-refractivity contribution in [3.05, 3.63) is 76.5 Å². The number of furan rings is 1. The van der Waals surface area contributed by atoms with E-state index in [9.17, 15) is 4.79 Å². The minimum absolute atomic E-state index is 0.00144. The molecule has 0 atom stereocenters. The summed E-state index contributed by atoms with van der Waals surface area (Å²) in [5, 5.41) is 3.74. The van der Waals surface area contributed by atoms with Crippen LogP contribution in [0.5, 0.6) is 0 Å². The molecule has 0 radical (unpaired) electrons. The van der Waals surface area contributed by atoms with Crippen molar-refractivity contribution >= 4 is 23.2 Å². The minimum Gasteiger partial charge on any atom is -0.461 e. The van der Waals surface area contributed by atoms with E-state index in [0.717, 1.165) is 40.3 Å². The van der Waals surface area contributed by atoms with Gasteiger partial charge in [0.25, 0.3) is 0 Å². The zero-order valence-corrected chi connectivity index (χ0v) is 15.8. The molecule has 0 saturated carbocycles. The second-order valence-electron chi connectivity index (χ2n) is 6.28. The number of hydrogen-bond acceptors (Lipinski definition) is 2. The maximum absolute atomic E-state index is 12.4. The quantitative estimate of drug-likeness (QED) is 0.576. The highest BCUT2D eigenvalue weighted by Crippen LogP contribution is 2.25. The van der Waals surface area contributed by atoms with Crippen LogP contribution >= 0.6 is 11.6 Å². The van der Waals surface area contributed by atoms with Crippen LogP contribution < -0.4 is 5.32 Å². The summed E-state index contributed by atoms with van der Waals surface area (Å²) < 4.78 is 5.86. The maximum Gasteiger partial charge on any atom is 0.224 e. The number of hydrogen-bond donors (Lipinski definition) is 1. The molecule has 0 fully saturated rings. The van der Waals surface area contributed by atoms with E-state index in [1.807, 2.05) is 61.5 Å². The molecule has 0 aliphatic heterocycles. The average molecular weight is 368 g/mol. The van der Waals surface area contributed by atoms with E-state index in [1.165, 1.54) is 0 Å². The van der Waals surface area contributed by atoms with Crippen molar-refractivity contribution in [1.29, 1.82) is 0 Å². The zero-order chi connectivity index (χ0) is 18.5. The van der Waals surface area contributed by atoms with E-state index in [1.54, 1.807) is 0 Å². The number of benzene rings is 2. The van der Waals surface area contributed by atoms with Crippen LogP contribution in [-0.2, 0) is 17.6 Å². The molecule has 1 N–H and O–H groups in total. The van der Waals surface area contributed by atoms with Gasteiger partial charge in [0.1, 0.15) is 11.5 Å². The third-order valence-electron chi connectivity index (χ3n) is 4.39. The number of halogens is 1. The summed E-state index contributed by atoms with van der Waals surface area (Å²) in [5.74, 6) is 1.58. The largest absolute Gasteiger partial charge is 0.461 e. The molecular formula is C22H22ClNO2. The highest BCUT2D eigenvalue weighted by atomic mass is 35.5. The number of anilines is 1. The van der Waals surface area contributed by atoms with Gasteiger partial charge in [-0.05, 0) is 60.9 Å². The van der Waals surface area contributed by atoms with Gasteiger partial charge in [-0.2, -0.15) is 0 Å². The van der Waals surface area contributed by atoms with E-state index in [0.29, 0.717) is 17.9 Å². The number of aryl methyl sites for hydroxylation is 3. The highest BCUT2D eigenvalue weighted by Gasteiger charge is 2.11. The van der Waals surface area contributed by atoms with E-state index in [2.05, 4.69) is 12.2 Å². The summed E-state index contributed by atoms with van der Waals surface area (Å²) >= 11 is 5.91. The van der Waals surface area contributed by atoms with Crippen LogP contribution in [0.25, 0.3) is 11.3 Å². The first-order chi connectivity index (χ1) is 12.6. The normalized spacial score (nSPS) is 10.7. The summed E-state index contributed by atoms with van der Waals surface area (Å²) in [6, 6.07) is 17.4. The third kappa shape index (κ3) is 4.36. The van der Waals surface area contributed by atoms with Crippen molar-refractivity contribution in [1.82, 2.24) is 0 Å². The molecule has 1 aromatic heterocycles. The molecule has 0 spiro atoms. The topological polar surface area (TPSA) is 42.2 Å². The summed E-state index contributed by atoms with van der Waals surface area (Å²) in [7, 11) is 0. The average Bonchev–Trinajstić information content (AvgIpc) is 3.11. The Balaban J connectivity index is 1.61. The molecule has 0 aliphatic rings. The molecule has 0 unspecified atom stereocenters. The molecule has 134 valence electrons. The smallest absolute Gasteiger partial charge is 0.224 e. The van der Waals surface area contributed by atoms with Crippen LogP contribution in [0.2, 0.25) is 5.02 Å². The summed E-state index contributed by atoms with van der Waals surface area (Å²) in [4.78, 5) is 12.4. The molecule has 26 heavy (non-hydrogen) atoms. The second kappa shape index (κ2) is 8.24. The van der Waals surface area contributed by atoms with Crippen LogP contribution in [0.1, 0.15) is 30.2 Å². The Labute approximate surface area is 159 Å². The van der Waals surface area contributed by atoms with Gasteiger partial charge in [-0.25, -0.2) is 0 Å². The van der Waals surface area contributed by atoms with Gasteiger partial charge in [-0.1, -0.05) is 36.7 Å². The third-order valence-corrected chi connectivity index (χ3v) is 4.65. The molecule has 3 aromatic rings. The van der Waals surface area contributed by atoms with Gasteiger partial charge < -0.3 is 9.73 Å². The lowest BCUT2D eigenvalue weighted by Crippen LogP contribution is -2.14. The van der Waals surface area contributed by atoms with Gasteiger partial charge in [0, 0.05) is 29.1 Å². The standard InChI is InChI=1S/C22H22ClNO2/c1-3-16-6-4-5-15(2)22(16)24-21(25)14-12-19-11-13-20(26-19)17-7-9-18(23)10-8-17/h4-11,13H,3,12,14H2,1-2H3,(H,24,25). The molecule has 1 amide bonds. The first-order valence-corrected chi connectivity index (χ1v) is 9.17. The van der Waals surface area contributed by atoms with Crippen molar-refractivity contribution in [2.24, 2.45) is 0 Å². The Morgan fingerprint density at radius 3 is 2.58 bits per heavy atom. The van der Waals surface area contributed by atoms with Gasteiger partial charge in [0.15, 0.2) is 0 Å². The van der Waals surface area contributed by atoms with Crippen LogP contribution in [0.15, 0.2) is 59.0 Å². The van der Waals surface area contributed by atoms with Gasteiger partial charge in [0.2, 0.25) is 5.91 Å². The van der Waals surface area contributed by atoms with Crippen molar-refractivity contribution in [2.75, 3.05) is 5.32 Å². The lowest BCUT2D eigenvalue weighted by atomic mass is 10.1. The number of para-hydroxylation sites is 1. The molecule has 4 heteroatoms. The number of carbonyl (C=O) groups is 1. The second-order valence-corrected chi connectivity index (χ2v) is 6.72. The fourth-order valence-corrected chi connectivity index (χ4v) is 3.05. The number of amides is 1. The lowest BCUT2D eigenvalue weighted by molar-refractivity contribution is -0.116. The first kappa shape index (κ1) is 18.3. The van der Waals surface area contributed by atoms with E-state index in [-0.39, 0.29) is 5.91 Å². The molecule has 1 heterocycles. The molecular weight excluding hydrogens is 346 g/mol. The van der Waals surface area contributed by atoms with E-state index < -0.39 is 0 Å². The summed E-state index contributed by atoms with van der Waals surface area (Å²) in [5.41, 5.74) is 4.14. The molecule has 3 rings (SSSR count). The van der Waals surface area contributed by atoms with Gasteiger partial charge in [-0.3, -0.25) is 4.79 Å². The zero-order valence-electron chi connectivity index (χ0n) is 15.0. The Hall–Kier alpha value is -2.52. The van der Waals surface area contributed by atoms with Gasteiger partial charge in [0.05, 0.1) is 0 Å². The minimum atomic E-state index is -0.00144. The first-order valence-electron chi connectivity index (χ1n) is 8.80. The van der Waals surface area contributed by atoms with Gasteiger partial charge >= 0.3 is 0 Å². The Kier molecular flexibility index (Phi) is 5.79. The molecule has 0 aliphatic carbocycles. The fourth-order valence-electron chi connectivity index (χ4n) is 2.92. The maximum atomic E-state index is 12.4. The number of carbonyl (C=O) groups excluding carboxylic acids is 1. The molecule has 2 aromatic carbocycles. The predicted octanol–water partition coefficient (Wildman–Crippen LogP) is 6.04. The van der Waals surface area contributed by atoms with Crippen molar-refractivity contribution in [3.8, 4) is 11.3 Å². The molecule has 0 bridgehead atoms. The van der Waals surface area contributed by atoms with Crippen molar-refractivity contribution in [2.45, 2.75) is 33.1 Å². The van der Waals surface area contributed by atoms with Gasteiger partial charge in [-0.15, -0.1) is 0 Å². The Bertz CT molecular complexity index is 897. The van der Waals surface area contributed by atoms with Crippen molar-refractivity contribution in [3.63, 3.8) is 0 Å². The Morgan fingerprint density at radius 1 is 1.08 bits per heavy atom. The number of nitrogens with one attached hydrogen (secondary N) is 1. The van der Waals surface area contributed by atoms with Crippen LogP contribution in [0.3, 0.4) is 0 Å². The molecule has 3 nitrogen and oxygen atoms in total. The monoisotopic (exact) mass is 367 g/mol. The van der Waals surface area contributed by atoms with E-state index >= 15 is 0 Å². The predicted molar refractivity (Wildman–Crippen MR) is 107 cm³/mol. The van der Waals surface area contributed by atoms with Crippen LogP contribution in [0.4, 0.5) is 5.69 Å². The molecule has 0 saturated heterocycles. The summed E-state index contributed by atoms with van der Waals surface area (Å²) in [6.07, 6.45) is 1.83. The SMILES string of the molecule is CCc1cccc(C)c1NC(=O)CCc1ccc(-c2ccc(Cl)cc2)o1. The Morgan fingerprint density at radius 2 is 1.85 bits per heavy atom. The summed E-state index contributed by atoms with van der Waals surface area (Å²) in [6.45, 7) is 4.10. The highest BCUT2D eigenvalue weighted by molar-refractivity contribution is 6.30. The fraction of sp³-hybridized carbons (Fsp3) is 0.227. The lowest BCUT2D eigenvalue weighted by Gasteiger charge is -2.12. The van der Waals surface area contributed by atoms with E-state index in [4.69, 9.17) is 16.0 Å².